The largest absolute Gasteiger partial charge is 0.480 e. The van der Waals surface area contributed by atoms with Crippen LogP contribution in [0.3, 0.4) is 0 Å². The summed E-state index contributed by atoms with van der Waals surface area (Å²) in [5.41, 5.74) is 1.24. The molecule has 0 amide bonds. The highest BCUT2D eigenvalue weighted by Gasteiger charge is 2.12. The monoisotopic (exact) mass is 244 g/mol. The zero-order valence-corrected chi connectivity index (χ0v) is 10.9. The molecule has 1 N–H and O–H groups in total. The van der Waals surface area contributed by atoms with Crippen LogP contribution in [-0.4, -0.2) is 11.1 Å². The lowest BCUT2D eigenvalue weighted by Gasteiger charge is -2.03. The number of aliphatic carboxylic acids is 1. The van der Waals surface area contributed by atoms with E-state index in [9.17, 15) is 4.79 Å². The van der Waals surface area contributed by atoms with E-state index >= 15 is 0 Å². The fourth-order valence-electron chi connectivity index (χ4n) is 1.71. The molecule has 0 aromatic heterocycles. The smallest absolute Gasteiger partial charge is 0.318 e. The van der Waals surface area contributed by atoms with Gasteiger partial charge in [0.15, 0.2) is 0 Å². The Morgan fingerprint density at radius 2 is 2.06 bits per heavy atom. The third kappa shape index (κ3) is 5.54. The SMILES string of the molecule is CCCCC(C#CCCc1ccccc1)C(=O)O. The average molecular weight is 244 g/mol. The van der Waals surface area contributed by atoms with Gasteiger partial charge in [-0.1, -0.05) is 56.0 Å². The second kappa shape index (κ2) is 8.36. The van der Waals surface area contributed by atoms with Crippen molar-refractivity contribution in [2.75, 3.05) is 0 Å². The van der Waals surface area contributed by atoms with Crippen LogP contribution in [0.25, 0.3) is 0 Å². The zero-order valence-electron chi connectivity index (χ0n) is 10.9. The fourth-order valence-corrected chi connectivity index (χ4v) is 1.71. The Balaban J connectivity index is 2.40. The van der Waals surface area contributed by atoms with Gasteiger partial charge in [0.05, 0.1) is 0 Å². The number of unbranched alkanes of at least 4 members (excludes halogenated alkanes) is 1. The first kappa shape index (κ1) is 14.3. The van der Waals surface area contributed by atoms with Crippen LogP contribution in [0, 0.1) is 17.8 Å². The number of aryl methyl sites for hydroxylation is 1. The van der Waals surface area contributed by atoms with E-state index in [0.717, 1.165) is 25.7 Å². The second-order valence-corrected chi connectivity index (χ2v) is 4.34. The number of hydrogen-bond donors (Lipinski definition) is 1. The molecule has 0 saturated carbocycles. The Kier molecular flexibility index (Phi) is 6.64. The fraction of sp³-hybridized carbons (Fsp3) is 0.438. The maximum atomic E-state index is 11.0. The molecule has 0 aliphatic rings. The molecule has 0 aliphatic heterocycles. The molecule has 1 unspecified atom stereocenters. The average Bonchev–Trinajstić information content (AvgIpc) is 2.38. The Bertz CT molecular complexity index is 412. The molecule has 2 nitrogen and oxygen atoms in total. The lowest BCUT2D eigenvalue weighted by Crippen LogP contribution is -2.11. The zero-order chi connectivity index (χ0) is 13.2. The van der Waals surface area contributed by atoms with Gasteiger partial charge in [-0.05, 0) is 18.4 Å². The van der Waals surface area contributed by atoms with Crippen molar-refractivity contribution in [3.05, 3.63) is 35.9 Å². The number of rotatable bonds is 6. The van der Waals surface area contributed by atoms with Gasteiger partial charge in [0.1, 0.15) is 5.92 Å². The van der Waals surface area contributed by atoms with Crippen molar-refractivity contribution in [3.63, 3.8) is 0 Å². The Labute approximate surface area is 109 Å². The molecule has 18 heavy (non-hydrogen) atoms. The molecule has 0 aliphatic carbocycles. The molecule has 0 spiro atoms. The van der Waals surface area contributed by atoms with Crippen molar-refractivity contribution in [3.8, 4) is 11.8 Å². The summed E-state index contributed by atoms with van der Waals surface area (Å²) < 4.78 is 0. The topological polar surface area (TPSA) is 37.3 Å². The number of carbonyl (C=O) groups is 1. The predicted octanol–water partition coefficient (Wildman–Crippen LogP) is 3.51. The van der Waals surface area contributed by atoms with Crippen molar-refractivity contribution in [2.45, 2.75) is 39.0 Å². The molecular weight excluding hydrogens is 224 g/mol. The Hall–Kier alpha value is -1.75. The summed E-state index contributed by atoms with van der Waals surface area (Å²) in [6.07, 6.45) is 4.19. The summed E-state index contributed by atoms with van der Waals surface area (Å²) in [7, 11) is 0. The van der Waals surface area contributed by atoms with Gasteiger partial charge in [0.25, 0.3) is 0 Å². The minimum Gasteiger partial charge on any atom is -0.480 e. The van der Waals surface area contributed by atoms with Crippen LogP contribution in [0.4, 0.5) is 0 Å². The first-order valence-electron chi connectivity index (χ1n) is 6.49. The first-order valence-corrected chi connectivity index (χ1v) is 6.49. The maximum Gasteiger partial charge on any atom is 0.318 e. The van der Waals surface area contributed by atoms with E-state index in [1.165, 1.54) is 5.56 Å². The number of benzene rings is 1. The third-order valence-electron chi connectivity index (χ3n) is 2.80. The normalized spacial score (nSPS) is 11.4. The molecule has 1 atom stereocenters. The molecule has 0 heterocycles. The molecular formula is C16H20O2. The van der Waals surface area contributed by atoms with E-state index in [-0.39, 0.29) is 0 Å². The highest BCUT2D eigenvalue weighted by atomic mass is 16.4. The quantitative estimate of drug-likeness (QED) is 0.777. The lowest BCUT2D eigenvalue weighted by molar-refractivity contribution is -0.139. The van der Waals surface area contributed by atoms with Gasteiger partial charge in [-0.25, -0.2) is 0 Å². The van der Waals surface area contributed by atoms with Crippen molar-refractivity contribution in [2.24, 2.45) is 5.92 Å². The molecule has 1 aromatic rings. The summed E-state index contributed by atoms with van der Waals surface area (Å²) in [6.45, 7) is 2.06. The number of carboxylic acid groups (broad SMARTS) is 1. The molecule has 2 heteroatoms. The Morgan fingerprint density at radius 3 is 2.67 bits per heavy atom. The second-order valence-electron chi connectivity index (χ2n) is 4.34. The Morgan fingerprint density at radius 1 is 1.33 bits per heavy atom. The van der Waals surface area contributed by atoms with E-state index in [1.807, 2.05) is 18.2 Å². The van der Waals surface area contributed by atoms with Gasteiger partial charge in [-0.15, -0.1) is 5.92 Å². The first-order chi connectivity index (χ1) is 8.74. The molecule has 0 saturated heterocycles. The van der Waals surface area contributed by atoms with Crippen LogP contribution in [-0.2, 0) is 11.2 Å². The molecule has 96 valence electrons. The minimum absolute atomic E-state index is 0.499. The van der Waals surface area contributed by atoms with Gasteiger partial charge in [-0.2, -0.15) is 0 Å². The van der Waals surface area contributed by atoms with Gasteiger partial charge in [-0.3, -0.25) is 4.79 Å². The third-order valence-corrected chi connectivity index (χ3v) is 2.80. The standard InChI is InChI=1S/C16H20O2/c1-2-3-12-15(16(17)18)13-8-7-11-14-9-5-4-6-10-14/h4-6,9-10,15H,2-3,7,11-12H2,1H3,(H,17,18). The molecule has 0 bridgehead atoms. The van der Waals surface area contributed by atoms with Crippen LogP contribution in [0.15, 0.2) is 30.3 Å². The lowest BCUT2D eigenvalue weighted by atomic mass is 10.0. The highest BCUT2D eigenvalue weighted by Crippen LogP contribution is 2.08. The molecule has 1 rings (SSSR count). The summed E-state index contributed by atoms with van der Waals surface area (Å²) in [6, 6.07) is 10.1. The summed E-state index contributed by atoms with van der Waals surface area (Å²) in [5.74, 6) is 4.57. The minimum atomic E-state index is -0.796. The van der Waals surface area contributed by atoms with Crippen LogP contribution in [0.2, 0.25) is 0 Å². The summed E-state index contributed by atoms with van der Waals surface area (Å²) >= 11 is 0. The van der Waals surface area contributed by atoms with Crippen molar-refractivity contribution in [1.82, 2.24) is 0 Å². The van der Waals surface area contributed by atoms with Crippen molar-refractivity contribution < 1.29 is 9.90 Å². The highest BCUT2D eigenvalue weighted by molar-refractivity contribution is 5.73. The van der Waals surface area contributed by atoms with E-state index < -0.39 is 11.9 Å². The van der Waals surface area contributed by atoms with Gasteiger partial charge >= 0.3 is 5.97 Å². The summed E-state index contributed by atoms with van der Waals surface area (Å²) in [4.78, 5) is 11.0. The van der Waals surface area contributed by atoms with Gasteiger partial charge in [0, 0.05) is 6.42 Å². The predicted molar refractivity (Wildman–Crippen MR) is 73.2 cm³/mol. The van der Waals surface area contributed by atoms with Crippen LogP contribution < -0.4 is 0 Å². The van der Waals surface area contributed by atoms with Crippen molar-refractivity contribution >= 4 is 5.97 Å². The molecule has 1 aromatic carbocycles. The molecule has 0 radical (unpaired) electrons. The van der Waals surface area contributed by atoms with E-state index in [1.54, 1.807) is 0 Å². The number of hydrogen-bond acceptors (Lipinski definition) is 1. The maximum absolute atomic E-state index is 11.0. The number of carboxylic acids is 1. The molecule has 0 fully saturated rings. The van der Waals surface area contributed by atoms with Gasteiger partial charge in [0.2, 0.25) is 0 Å². The van der Waals surface area contributed by atoms with Crippen LogP contribution >= 0.6 is 0 Å². The van der Waals surface area contributed by atoms with E-state index in [4.69, 9.17) is 5.11 Å². The van der Waals surface area contributed by atoms with E-state index in [2.05, 4.69) is 30.9 Å². The van der Waals surface area contributed by atoms with Crippen LogP contribution in [0.5, 0.6) is 0 Å². The van der Waals surface area contributed by atoms with E-state index in [0.29, 0.717) is 6.42 Å². The van der Waals surface area contributed by atoms with Gasteiger partial charge < -0.3 is 5.11 Å². The summed E-state index contributed by atoms with van der Waals surface area (Å²) in [5, 5.41) is 9.01. The van der Waals surface area contributed by atoms with Crippen molar-refractivity contribution in [1.29, 1.82) is 0 Å². The van der Waals surface area contributed by atoms with Crippen LogP contribution in [0.1, 0.15) is 38.2 Å².